The summed E-state index contributed by atoms with van der Waals surface area (Å²) in [5, 5.41) is 9.18. The molecule has 1 aromatic rings. The first-order valence-corrected chi connectivity index (χ1v) is 6.91. The predicted octanol–water partition coefficient (Wildman–Crippen LogP) is 0.847. The second-order valence-corrected chi connectivity index (χ2v) is 6.08. The highest BCUT2D eigenvalue weighted by Crippen LogP contribution is 2.19. The summed E-state index contributed by atoms with van der Waals surface area (Å²) in [4.78, 5) is -0.256. The van der Waals surface area contributed by atoms with Gasteiger partial charge < -0.3 is 10.8 Å². The Morgan fingerprint density at radius 3 is 2.50 bits per heavy atom. The zero-order chi connectivity index (χ0) is 14.0. The van der Waals surface area contributed by atoms with Crippen molar-refractivity contribution in [2.45, 2.75) is 30.7 Å². The number of sulfonamides is 1. The van der Waals surface area contributed by atoms with Gasteiger partial charge in [0.1, 0.15) is 5.82 Å². The van der Waals surface area contributed by atoms with Crippen molar-refractivity contribution < 1.29 is 17.9 Å². The Balaban J connectivity index is 3.14. The summed E-state index contributed by atoms with van der Waals surface area (Å²) in [6, 6.07) is 3.08. The quantitative estimate of drug-likeness (QED) is 0.695. The molecule has 0 aliphatic rings. The van der Waals surface area contributed by atoms with Gasteiger partial charge in [0, 0.05) is 5.69 Å². The average Bonchev–Trinajstić information content (AvgIpc) is 2.27. The fourth-order valence-corrected chi connectivity index (χ4v) is 2.87. The Morgan fingerprint density at radius 2 is 2.06 bits per heavy atom. The molecule has 0 amide bonds. The topological polar surface area (TPSA) is 92.4 Å². The smallest absolute Gasteiger partial charge is 0.241 e. The molecule has 0 fully saturated rings. The van der Waals surface area contributed by atoms with Crippen LogP contribution in [0.4, 0.5) is 10.1 Å². The summed E-state index contributed by atoms with van der Waals surface area (Å²) in [5.74, 6) is -0.724. The molecular formula is C11H17FN2O3S. The minimum atomic E-state index is -3.92. The largest absolute Gasteiger partial charge is 0.399 e. The number of nitrogen functional groups attached to an aromatic ring is 1. The van der Waals surface area contributed by atoms with Crippen molar-refractivity contribution in [3.63, 3.8) is 0 Å². The highest BCUT2D eigenvalue weighted by Gasteiger charge is 2.28. The zero-order valence-electron chi connectivity index (χ0n) is 10.3. The number of anilines is 1. The van der Waals surface area contributed by atoms with Crippen molar-refractivity contribution >= 4 is 15.7 Å². The Morgan fingerprint density at radius 1 is 1.44 bits per heavy atom. The van der Waals surface area contributed by atoms with Gasteiger partial charge in [-0.25, -0.2) is 17.5 Å². The number of hydrogen-bond acceptors (Lipinski definition) is 4. The van der Waals surface area contributed by atoms with Gasteiger partial charge in [-0.05, 0) is 31.5 Å². The SMILES string of the molecule is CCC(C)(CO)NS(=O)(=O)c1cc(N)cc(F)c1. The number of hydrogen-bond donors (Lipinski definition) is 3. The second kappa shape index (κ2) is 5.21. The lowest BCUT2D eigenvalue weighted by molar-refractivity contribution is 0.191. The highest BCUT2D eigenvalue weighted by molar-refractivity contribution is 7.89. The number of rotatable bonds is 5. The Hall–Kier alpha value is -1.18. The van der Waals surface area contributed by atoms with E-state index in [-0.39, 0.29) is 17.2 Å². The minimum Gasteiger partial charge on any atom is -0.399 e. The van der Waals surface area contributed by atoms with E-state index in [2.05, 4.69) is 4.72 Å². The number of aliphatic hydroxyl groups is 1. The summed E-state index contributed by atoms with van der Waals surface area (Å²) >= 11 is 0. The molecule has 0 aromatic heterocycles. The Bertz CT molecular complexity index is 507. The molecule has 1 unspecified atom stereocenters. The van der Waals surface area contributed by atoms with E-state index >= 15 is 0 Å². The third kappa shape index (κ3) is 3.41. The lowest BCUT2D eigenvalue weighted by atomic mass is 10.0. The van der Waals surface area contributed by atoms with Crippen LogP contribution in [0.3, 0.4) is 0 Å². The Kier molecular flexibility index (Phi) is 4.31. The van der Waals surface area contributed by atoms with Crippen LogP contribution in [0.5, 0.6) is 0 Å². The molecule has 1 aromatic carbocycles. The third-order valence-corrected chi connectivity index (χ3v) is 4.33. The summed E-state index contributed by atoms with van der Waals surface area (Å²) < 4.78 is 39.5. The molecule has 0 saturated heterocycles. The van der Waals surface area contributed by atoms with Gasteiger partial charge in [-0.3, -0.25) is 0 Å². The third-order valence-electron chi connectivity index (χ3n) is 2.71. The van der Waals surface area contributed by atoms with Crippen LogP contribution in [-0.2, 0) is 10.0 Å². The summed E-state index contributed by atoms with van der Waals surface area (Å²) in [5.41, 5.74) is 4.44. The van der Waals surface area contributed by atoms with Crippen molar-refractivity contribution in [1.82, 2.24) is 4.72 Å². The van der Waals surface area contributed by atoms with Gasteiger partial charge in [0.25, 0.3) is 0 Å². The number of benzene rings is 1. The molecule has 0 heterocycles. The Labute approximate surface area is 106 Å². The molecule has 102 valence electrons. The van der Waals surface area contributed by atoms with E-state index in [4.69, 9.17) is 5.73 Å². The van der Waals surface area contributed by atoms with Crippen molar-refractivity contribution in [2.75, 3.05) is 12.3 Å². The first kappa shape index (κ1) is 14.9. The predicted molar refractivity (Wildman–Crippen MR) is 66.9 cm³/mol. The van der Waals surface area contributed by atoms with E-state index in [1.165, 1.54) is 6.07 Å². The van der Waals surface area contributed by atoms with Gasteiger partial charge in [-0.2, -0.15) is 0 Å². The average molecular weight is 276 g/mol. The molecule has 0 bridgehead atoms. The van der Waals surface area contributed by atoms with Crippen LogP contribution in [0, 0.1) is 5.82 Å². The lowest BCUT2D eigenvalue weighted by Crippen LogP contribution is -2.48. The second-order valence-electron chi connectivity index (χ2n) is 4.40. The van der Waals surface area contributed by atoms with Crippen LogP contribution in [0.1, 0.15) is 20.3 Å². The maximum absolute atomic E-state index is 13.1. The molecule has 4 N–H and O–H groups in total. The van der Waals surface area contributed by atoms with E-state index in [0.29, 0.717) is 6.42 Å². The van der Waals surface area contributed by atoms with Crippen molar-refractivity contribution in [1.29, 1.82) is 0 Å². The minimum absolute atomic E-state index is 0.0255. The van der Waals surface area contributed by atoms with Crippen LogP contribution in [0.15, 0.2) is 23.1 Å². The van der Waals surface area contributed by atoms with Gasteiger partial charge in [-0.15, -0.1) is 0 Å². The maximum Gasteiger partial charge on any atom is 0.241 e. The van der Waals surface area contributed by atoms with E-state index in [1.807, 2.05) is 0 Å². The number of aliphatic hydroxyl groups excluding tert-OH is 1. The van der Waals surface area contributed by atoms with Crippen LogP contribution in [0.25, 0.3) is 0 Å². The van der Waals surface area contributed by atoms with Crippen molar-refractivity contribution in [2.24, 2.45) is 0 Å². The molecule has 18 heavy (non-hydrogen) atoms. The maximum atomic E-state index is 13.1. The molecule has 1 atom stereocenters. The molecule has 7 heteroatoms. The first-order chi connectivity index (χ1) is 8.22. The molecule has 1 rings (SSSR count). The zero-order valence-corrected chi connectivity index (χ0v) is 11.1. The molecule has 0 aliphatic carbocycles. The summed E-state index contributed by atoms with van der Waals surface area (Å²) in [7, 11) is -3.92. The van der Waals surface area contributed by atoms with Crippen LogP contribution in [0.2, 0.25) is 0 Å². The monoisotopic (exact) mass is 276 g/mol. The molecule has 0 radical (unpaired) electrons. The number of halogens is 1. The summed E-state index contributed by atoms with van der Waals surface area (Å²) in [6.07, 6.45) is 0.396. The molecule has 0 aliphatic heterocycles. The molecule has 5 nitrogen and oxygen atoms in total. The fraction of sp³-hybridized carbons (Fsp3) is 0.455. The van der Waals surface area contributed by atoms with Crippen LogP contribution in [-0.4, -0.2) is 25.7 Å². The normalized spacial score (nSPS) is 15.3. The van der Waals surface area contributed by atoms with Crippen molar-refractivity contribution in [3.8, 4) is 0 Å². The highest BCUT2D eigenvalue weighted by atomic mass is 32.2. The van der Waals surface area contributed by atoms with Crippen LogP contribution >= 0.6 is 0 Å². The standard InChI is InChI=1S/C11H17FN2O3S/c1-3-11(2,7-15)14-18(16,17)10-5-8(12)4-9(13)6-10/h4-6,14-15H,3,7,13H2,1-2H3. The lowest BCUT2D eigenvalue weighted by Gasteiger charge is -2.26. The number of nitrogens with two attached hydrogens (primary N) is 1. The van der Waals surface area contributed by atoms with E-state index in [1.54, 1.807) is 13.8 Å². The van der Waals surface area contributed by atoms with Gasteiger partial charge in [0.05, 0.1) is 17.0 Å². The first-order valence-electron chi connectivity index (χ1n) is 5.43. The van der Waals surface area contributed by atoms with Gasteiger partial charge in [-0.1, -0.05) is 6.92 Å². The molecule has 0 saturated carbocycles. The van der Waals surface area contributed by atoms with Crippen LogP contribution < -0.4 is 10.5 Å². The van der Waals surface area contributed by atoms with Gasteiger partial charge in [0.15, 0.2) is 0 Å². The van der Waals surface area contributed by atoms with Gasteiger partial charge in [0.2, 0.25) is 10.0 Å². The van der Waals surface area contributed by atoms with E-state index in [0.717, 1.165) is 12.1 Å². The van der Waals surface area contributed by atoms with E-state index in [9.17, 15) is 17.9 Å². The summed E-state index contributed by atoms with van der Waals surface area (Å²) in [6.45, 7) is 2.94. The van der Waals surface area contributed by atoms with E-state index < -0.39 is 21.4 Å². The number of nitrogens with one attached hydrogen (secondary N) is 1. The van der Waals surface area contributed by atoms with Crippen molar-refractivity contribution in [3.05, 3.63) is 24.0 Å². The molecular weight excluding hydrogens is 259 g/mol. The van der Waals surface area contributed by atoms with Gasteiger partial charge >= 0.3 is 0 Å². The fourth-order valence-electron chi connectivity index (χ4n) is 1.34. The molecule has 0 spiro atoms.